The minimum Gasteiger partial charge on any atom is -0.493 e. The number of methoxy groups -OCH3 is 2. The van der Waals surface area contributed by atoms with E-state index in [1.54, 1.807) is 57.5 Å². The van der Waals surface area contributed by atoms with Gasteiger partial charge in [-0.25, -0.2) is 0 Å². The summed E-state index contributed by atoms with van der Waals surface area (Å²) >= 11 is 0. The molecule has 2 aromatic carbocycles. The average molecular weight is 408 g/mol. The summed E-state index contributed by atoms with van der Waals surface area (Å²) in [6, 6.07) is 12.0. The molecule has 1 aliphatic carbocycles. The fourth-order valence-corrected chi connectivity index (χ4v) is 4.44. The Labute approximate surface area is 174 Å². The number of anilines is 1. The van der Waals surface area contributed by atoms with Gasteiger partial charge >= 0.3 is 0 Å². The molecule has 0 aromatic heterocycles. The highest BCUT2D eigenvalue weighted by Crippen LogP contribution is 2.62. The Morgan fingerprint density at radius 2 is 1.80 bits per heavy atom. The number of hydrogen-bond donors (Lipinski definition) is 2. The maximum atomic E-state index is 13.2. The fourth-order valence-electron chi connectivity index (χ4n) is 4.44. The van der Waals surface area contributed by atoms with Crippen LogP contribution in [0.2, 0.25) is 0 Å². The molecule has 156 valence electrons. The zero-order chi connectivity index (χ0) is 21.6. The molecule has 0 unspecified atom stereocenters. The first-order chi connectivity index (χ1) is 14.3. The number of benzene rings is 2. The fraction of sp³-hybridized carbons (Fsp3) is 0.348. The molecule has 4 atom stereocenters. The van der Waals surface area contributed by atoms with Gasteiger partial charge in [0.05, 0.1) is 43.2 Å². The predicted molar refractivity (Wildman–Crippen MR) is 111 cm³/mol. The summed E-state index contributed by atoms with van der Waals surface area (Å²) in [7, 11) is 3.10. The first kappa shape index (κ1) is 19.9. The molecule has 2 amide bonds. The van der Waals surface area contributed by atoms with E-state index in [1.807, 2.05) is 13.0 Å². The number of hydrogen-bond acceptors (Lipinski definition) is 5. The van der Waals surface area contributed by atoms with E-state index in [-0.39, 0.29) is 23.6 Å². The number of amides is 2. The first-order valence-corrected chi connectivity index (χ1v) is 9.80. The van der Waals surface area contributed by atoms with Crippen LogP contribution in [-0.4, -0.2) is 31.8 Å². The molecule has 1 fully saturated rings. The molecule has 7 heteroatoms. The van der Waals surface area contributed by atoms with Crippen molar-refractivity contribution < 1.29 is 23.9 Å². The molecule has 1 aliphatic heterocycles. The quantitative estimate of drug-likeness (QED) is 0.793. The van der Waals surface area contributed by atoms with Crippen molar-refractivity contribution >= 4 is 23.3 Å². The van der Waals surface area contributed by atoms with Crippen LogP contribution in [-0.2, 0) is 9.59 Å². The van der Waals surface area contributed by atoms with Crippen LogP contribution in [0.3, 0.4) is 0 Å². The number of Topliss-reactive ketones (excluding diaryl/α,β-unsaturated/α-hetero) is 1. The number of nitrogens with one attached hydrogen (secondary N) is 2. The van der Waals surface area contributed by atoms with E-state index in [1.165, 1.54) is 0 Å². The number of fused-ring (bicyclic) bond motifs is 2. The zero-order valence-corrected chi connectivity index (χ0v) is 17.3. The molecule has 1 heterocycles. The molecule has 2 aromatic rings. The third-order valence-corrected chi connectivity index (χ3v) is 6.27. The largest absolute Gasteiger partial charge is 0.493 e. The van der Waals surface area contributed by atoms with Crippen LogP contribution in [0.15, 0.2) is 42.5 Å². The summed E-state index contributed by atoms with van der Waals surface area (Å²) in [5.74, 6) is -1.03. The van der Waals surface area contributed by atoms with Gasteiger partial charge in [0, 0.05) is 5.56 Å². The molecule has 0 saturated heterocycles. The molecule has 0 spiro atoms. The highest BCUT2D eigenvalue weighted by molar-refractivity contribution is 6.19. The van der Waals surface area contributed by atoms with E-state index >= 15 is 0 Å². The third-order valence-electron chi connectivity index (χ3n) is 6.27. The summed E-state index contributed by atoms with van der Waals surface area (Å²) in [4.78, 5) is 38.9. The topological polar surface area (TPSA) is 93.7 Å². The summed E-state index contributed by atoms with van der Waals surface area (Å²) in [6.45, 7) is 3.55. The SMILES string of the molecule is COc1ccc([C@@H](C)NC(=O)[C@@H]2[C@@H]3C(=O)Nc4ccccc4C(=O)[C@]23C)cc1OC. The van der Waals surface area contributed by atoms with Gasteiger partial charge in [0.1, 0.15) is 0 Å². The minimum atomic E-state index is -1.04. The molecule has 7 nitrogen and oxygen atoms in total. The summed E-state index contributed by atoms with van der Waals surface area (Å²) in [5, 5.41) is 5.74. The lowest BCUT2D eigenvalue weighted by Crippen LogP contribution is -2.32. The lowest BCUT2D eigenvalue weighted by Gasteiger charge is -2.18. The first-order valence-electron chi connectivity index (χ1n) is 9.80. The van der Waals surface area contributed by atoms with Crippen LogP contribution in [0.5, 0.6) is 11.5 Å². The van der Waals surface area contributed by atoms with E-state index in [0.717, 1.165) is 5.56 Å². The van der Waals surface area contributed by atoms with Crippen LogP contribution in [0.1, 0.15) is 35.8 Å². The van der Waals surface area contributed by atoms with Crippen molar-refractivity contribution in [2.75, 3.05) is 19.5 Å². The van der Waals surface area contributed by atoms with Gasteiger partial charge in [0.2, 0.25) is 11.8 Å². The number of ketones is 1. The van der Waals surface area contributed by atoms with Gasteiger partial charge in [-0.1, -0.05) is 25.1 Å². The molecule has 2 aliphatic rings. The second kappa shape index (κ2) is 7.16. The number of carbonyl (C=O) groups is 3. The van der Waals surface area contributed by atoms with Crippen LogP contribution < -0.4 is 20.1 Å². The van der Waals surface area contributed by atoms with E-state index < -0.39 is 17.3 Å². The van der Waals surface area contributed by atoms with Gasteiger partial charge in [0.25, 0.3) is 0 Å². The summed E-state index contributed by atoms with van der Waals surface area (Å²) in [5.41, 5.74) is 0.726. The highest BCUT2D eigenvalue weighted by Gasteiger charge is 2.73. The van der Waals surface area contributed by atoms with Crippen LogP contribution in [0, 0.1) is 17.3 Å². The van der Waals surface area contributed by atoms with Crippen molar-refractivity contribution in [3.05, 3.63) is 53.6 Å². The molecule has 0 bridgehead atoms. The van der Waals surface area contributed by atoms with Gasteiger partial charge < -0.3 is 20.1 Å². The summed E-state index contributed by atoms with van der Waals surface area (Å²) in [6.07, 6.45) is 0. The molecular formula is C23H24N2O5. The Kier molecular flexibility index (Phi) is 4.76. The zero-order valence-electron chi connectivity index (χ0n) is 17.3. The Morgan fingerprint density at radius 1 is 1.10 bits per heavy atom. The van der Waals surface area contributed by atoms with Gasteiger partial charge in [-0.2, -0.15) is 0 Å². The van der Waals surface area contributed by atoms with Crippen molar-refractivity contribution in [1.29, 1.82) is 0 Å². The van der Waals surface area contributed by atoms with Crippen molar-refractivity contribution in [3.63, 3.8) is 0 Å². The maximum Gasteiger partial charge on any atom is 0.229 e. The van der Waals surface area contributed by atoms with Crippen molar-refractivity contribution in [1.82, 2.24) is 5.32 Å². The predicted octanol–water partition coefficient (Wildman–Crippen LogP) is 2.97. The van der Waals surface area contributed by atoms with Crippen molar-refractivity contribution in [2.45, 2.75) is 19.9 Å². The standard InChI is InChI=1S/C23H24N2O5/c1-12(13-9-10-16(29-3)17(11-13)30-4)24-21(27)18-19-22(28)25-15-8-6-5-7-14(15)20(26)23(18,19)2/h5-12,18-19H,1-4H3,(H,24,27)(H,25,28)/t12-,18+,19-,23-/m1/s1. The maximum absolute atomic E-state index is 13.2. The van der Waals surface area contributed by atoms with E-state index in [4.69, 9.17) is 9.47 Å². The second-order valence-corrected chi connectivity index (χ2v) is 7.95. The molecule has 30 heavy (non-hydrogen) atoms. The van der Waals surface area contributed by atoms with Crippen LogP contribution >= 0.6 is 0 Å². The second-order valence-electron chi connectivity index (χ2n) is 7.95. The minimum absolute atomic E-state index is 0.180. The van der Waals surface area contributed by atoms with Crippen molar-refractivity contribution in [3.8, 4) is 11.5 Å². The number of ether oxygens (including phenoxy) is 2. The number of rotatable bonds is 5. The van der Waals surface area contributed by atoms with E-state index in [9.17, 15) is 14.4 Å². The average Bonchev–Trinajstić information content (AvgIpc) is 3.41. The lowest BCUT2D eigenvalue weighted by molar-refractivity contribution is -0.125. The van der Waals surface area contributed by atoms with E-state index in [2.05, 4.69) is 10.6 Å². The van der Waals surface area contributed by atoms with Gasteiger partial charge in [0.15, 0.2) is 17.3 Å². The lowest BCUT2D eigenvalue weighted by atomic mass is 9.92. The van der Waals surface area contributed by atoms with Crippen molar-refractivity contribution in [2.24, 2.45) is 17.3 Å². The molecular weight excluding hydrogens is 384 g/mol. The van der Waals surface area contributed by atoms with Crippen LogP contribution in [0.4, 0.5) is 5.69 Å². The Bertz CT molecular complexity index is 1050. The summed E-state index contributed by atoms with van der Waals surface area (Å²) < 4.78 is 10.6. The number of carbonyl (C=O) groups excluding carboxylic acids is 3. The van der Waals surface area contributed by atoms with Crippen LogP contribution in [0.25, 0.3) is 0 Å². The monoisotopic (exact) mass is 408 g/mol. The smallest absolute Gasteiger partial charge is 0.229 e. The molecule has 2 N–H and O–H groups in total. The van der Waals surface area contributed by atoms with E-state index in [0.29, 0.717) is 22.7 Å². The van der Waals surface area contributed by atoms with Gasteiger partial charge in [-0.05, 0) is 36.8 Å². The Morgan fingerprint density at radius 3 is 2.50 bits per heavy atom. The molecule has 4 rings (SSSR count). The normalized spacial score (nSPS) is 25.2. The third kappa shape index (κ3) is 2.93. The molecule has 0 radical (unpaired) electrons. The molecule has 1 saturated carbocycles. The Balaban J connectivity index is 1.55. The highest BCUT2D eigenvalue weighted by atomic mass is 16.5. The Hall–Kier alpha value is -3.35. The van der Waals surface area contributed by atoms with Gasteiger partial charge in [-0.3, -0.25) is 14.4 Å². The van der Waals surface area contributed by atoms with Gasteiger partial charge in [-0.15, -0.1) is 0 Å². The number of para-hydroxylation sites is 1.